The molecule has 1 atom stereocenters. The van der Waals surface area contributed by atoms with Gasteiger partial charge in [-0.15, -0.1) is 0 Å². The number of aromatic nitrogens is 1. The second kappa shape index (κ2) is 13.2. The molecule has 38 heavy (non-hydrogen) atoms. The molecule has 2 aromatic rings. The molecule has 2 fully saturated rings. The zero-order valence-corrected chi connectivity index (χ0v) is 23.0. The molecule has 3 heterocycles. The minimum absolute atomic E-state index is 0.0410. The van der Waals surface area contributed by atoms with Crippen LogP contribution in [0.15, 0.2) is 30.5 Å². The van der Waals surface area contributed by atoms with E-state index in [-0.39, 0.29) is 30.3 Å². The number of pyridine rings is 1. The number of methoxy groups -OCH3 is 1. The smallest absolute Gasteiger partial charge is 0.410 e. The zero-order chi connectivity index (χ0) is 27.1. The quantitative estimate of drug-likeness (QED) is 0.412. The summed E-state index contributed by atoms with van der Waals surface area (Å²) in [4.78, 5) is 20.5. The van der Waals surface area contributed by atoms with E-state index in [2.05, 4.69) is 9.88 Å². The number of ether oxygens (including phenoxy) is 4. The number of hydrogen-bond acceptors (Lipinski definition) is 7. The lowest BCUT2D eigenvalue weighted by atomic mass is 10.1. The monoisotopic (exact) mass is 529 g/mol. The lowest BCUT2D eigenvalue weighted by Crippen LogP contribution is -2.42. The van der Waals surface area contributed by atoms with Gasteiger partial charge in [-0.1, -0.05) is 6.07 Å². The van der Waals surface area contributed by atoms with Crippen LogP contribution in [0.4, 0.5) is 9.18 Å². The van der Waals surface area contributed by atoms with E-state index in [0.29, 0.717) is 43.1 Å². The third kappa shape index (κ3) is 7.35. The molecule has 208 valence electrons. The summed E-state index contributed by atoms with van der Waals surface area (Å²) in [5.74, 6) is 0.664. The Morgan fingerprint density at radius 3 is 2.61 bits per heavy atom. The normalized spacial score (nSPS) is 19.0. The van der Waals surface area contributed by atoms with Crippen molar-refractivity contribution in [1.29, 1.82) is 0 Å². The van der Waals surface area contributed by atoms with E-state index >= 15 is 0 Å². The van der Waals surface area contributed by atoms with E-state index in [1.807, 2.05) is 26.8 Å². The van der Waals surface area contributed by atoms with Crippen LogP contribution in [0.1, 0.15) is 57.1 Å². The Labute approximate surface area is 225 Å². The van der Waals surface area contributed by atoms with E-state index in [1.54, 1.807) is 30.3 Å². The summed E-state index contributed by atoms with van der Waals surface area (Å²) in [6.07, 6.45) is 6.81. The van der Waals surface area contributed by atoms with Gasteiger partial charge in [-0.25, -0.2) is 14.2 Å². The van der Waals surface area contributed by atoms with Crippen molar-refractivity contribution in [3.63, 3.8) is 0 Å². The van der Waals surface area contributed by atoms with Gasteiger partial charge in [0, 0.05) is 52.3 Å². The first-order valence-corrected chi connectivity index (χ1v) is 13.6. The third-order valence-corrected chi connectivity index (χ3v) is 7.15. The summed E-state index contributed by atoms with van der Waals surface area (Å²) in [7, 11) is 1.75. The standard InChI is InChI=1S/C29H40FN3O5/c1-20(2)36-29(34)33-17-12-23(13-18-33)37-25-10-14-31-28(21(25)3)38-26-9-8-22(19-24(26)30)11-16-32-15-6-5-7-27(32)35-4/h8-10,14,19-20,23,27H,5-7,11-13,15-18H2,1-4H3/t27-/m0/s1. The Morgan fingerprint density at radius 1 is 1.11 bits per heavy atom. The van der Waals surface area contributed by atoms with Crippen LogP contribution in [0.3, 0.4) is 0 Å². The molecule has 1 amide bonds. The summed E-state index contributed by atoms with van der Waals surface area (Å²) >= 11 is 0. The first-order chi connectivity index (χ1) is 18.3. The van der Waals surface area contributed by atoms with Gasteiger partial charge in [0.1, 0.15) is 18.1 Å². The molecule has 2 aliphatic rings. The van der Waals surface area contributed by atoms with Crippen molar-refractivity contribution in [1.82, 2.24) is 14.8 Å². The predicted octanol–water partition coefficient (Wildman–Crippen LogP) is 5.71. The number of amides is 1. The van der Waals surface area contributed by atoms with Crippen molar-refractivity contribution in [2.75, 3.05) is 33.3 Å². The van der Waals surface area contributed by atoms with E-state index in [9.17, 15) is 9.18 Å². The molecule has 0 saturated carbocycles. The third-order valence-electron chi connectivity index (χ3n) is 7.15. The lowest BCUT2D eigenvalue weighted by molar-refractivity contribution is -0.0545. The van der Waals surface area contributed by atoms with Gasteiger partial charge < -0.3 is 23.8 Å². The maximum absolute atomic E-state index is 15.0. The Bertz CT molecular complexity index is 1070. The average Bonchev–Trinajstić information content (AvgIpc) is 2.91. The van der Waals surface area contributed by atoms with Crippen molar-refractivity contribution >= 4 is 6.09 Å². The molecule has 0 aliphatic carbocycles. The summed E-state index contributed by atoms with van der Waals surface area (Å²) in [5.41, 5.74) is 1.62. The van der Waals surface area contributed by atoms with Gasteiger partial charge in [0.2, 0.25) is 5.88 Å². The van der Waals surface area contributed by atoms with E-state index in [0.717, 1.165) is 31.5 Å². The Kier molecular flexibility index (Phi) is 9.80. The molecule has 8 nitrogen and oxygen atoms in total. The fraction of sp³-hybridized carbons (Fsp3) is 0.586. The molecule has 9 heteroatoms. The number of carbonyl (C=O) groups is 1. The molecular formula is C29H40FN3O5. The number of benzene rings is 1. The molecule has 0 N–H and O–H groups in total. The van der Waals surface area contributed by atoms with Gasteiger partial charge in [-0.2, -0.15) is 0 Å². The largest absolute Gasteiger partial charge is 0.490 e. The molecule has 1 aromatic heterocycles. The van der Waals surface area contributed by atoms with Gasteiger partial charge in [0.05, 0.1) is 11.7 Å². The highest BCUT2D eigenvalue weighted by molar-refractivity contribution is 5.67. The Hall–Kier alpha value is -2.91. The van der Waals surface area contributed by atoms with Gasteiger partial charge in [0.25, 0.3) is 0 Å². The highest BCUT2D eigenvalue weighted by Gasteiger charge is 2.26. The van der Waals surface area contributed by atoms with Crippen LogP contribution in [0.25, 0.3) is 0 Å². The molecule has 2 aliphatic heterocycles. The maximum Gasteiger partial charge on any atom is 0.410 e. The molecular weight excluding hydrogens is 489 g/mol. The van der Waals surface area contributed by atoms with Crippen LogP contribution in [0, 0.1) is 12.7 Å². The first-order valence-electron chi connectivity index (χ1n) is 13.6. The topological polar surface area (TPSA) is 73.4 Å². The summed E-state index contributed by atoms with van der Waals surface area (Å²) in [6.45, 7) is 8.52. The van der Waals surface area contributed by atoms with Crippen molar-refractivity contribution < 1.29 is 28.1 Å². The number of hydrogen-bond donors (Lipinski definition) is 0. The molecule has 0 bridgehead atoms. The van der Waals surface area contributed by atoms with Gasteiger partial charge >= 0.3 is 6.09 Å². The summed E-state index contributed by atoms with van der Waals surface area (Å²) in [6, 6.07) is 6.89. The number of nitrogens with zero attached hydrogens (tertiary/aromatic N) is 3. The van der Waals surface area contributed by atoms with Crippen LogP contribution in [0.2, 0.25) is 0 Å². The number of halogens is 1. The van der Waals surface area contributed by atoms with Crippen LogP contribution in [0.5, 0.6) is 17.4 Å². The summed E-state index contributed by atoms with van der Waals surface area (Å²) in [5, 5.41) is 0. The highest BCUT2D eigenvalue weighted by atomic mass is 19.1. The van der Waals surface area contributed by atoms with Gasteiger partial charge in [-0.3, -0.25) is 4.90 Å². The first kappa shape index (κ1) is 28.1. The van der Waals surface area contributed by atoms with Crippen LogP contribution in [-0.4, -0.2) is 72.6 Å². The molecule has 0 unspecified atom stereocenters. The molecule has 4 rings (SSSR count). The summed E-state index contributed by atoms with van der Waals surface area (Å²) < 4.78 is 37.9. The number of carbonyl (C=O) groups excluding carboxylic acids is 1. The number of likely N-dealkylation sites (tertiary alicyclic amines) is 2. The number of rotatable bonds is 9. The fourth-order valence-corrected chi connectivity index (χ4v) is 4.99. The van der Waals surface area contributed by atoms with E-state index in [4.69, 9.17) is 18.9 Å². The second-order valence-corrected chi connectivity index (χ2v) is 10.3. The van der Waals surface area contributed by atoms with E-state index in [1.165, 1.54) is 18.9 Å². The van der Waals surface area contributed by atoms with Crippen molar-refractivity contribution in [3.05, 3.63) is 47.4 Å². The zero-order valence-electron chi connectivity index (χ0n) is 23.0. The minimum Gasteiger partial charge on any atom is -0.490 e. The van der Waals surface area contributed by atoms with Crippen LogP contribution < -0.4 is 9.47 Å². The molecule has 0 radical (unpaired) electrons. The predicted molar refractivity (Wildman–Crippen MR) is 142 cm³/mol. The SMILES string of the molecule is CO[C@H]1CCCCN1CCc1ccc(Oc2nccc(OC3CCN(C(=O)OC(C)C)CC3)c2C)c(F)c1. The second-order valence-electron chi connectivity index (χ2n) is 10.3. The molecule has 1 aromatic carbocycles. The average molecular weight is 530 g/mol. The molecule has 0 spiro atoms. The Morgan fingerprint density at radius 2 is 1.89 bits per heavy atom. The number of piperidine rings is 2. The van der Waals surface area contributed by atoms with Crippen LogP contribution in [-0.2, 0) is 15.9 Å². The van der Waals surface area contributed by atoms with Gasteiger partial charge in [0.15, 0.2) is 11.6 Å². The van der Waals surface area contributed by atoms with Crippen molar-refractivity contribution in [2.45, 2.75) is 77.7 Å². The minimum atomic E-state index is -0.419. The van der Waals surface area contributed by atoms with Gasteiger partial charge in [-0.05, 0) is 70.2 Å². The lowest BCUT2D eigenvalue weighted by Gasteiger charge is -2.34. The maximum atomic E-state index is 15.0. The fourth-order valence-electron chi connectivity index (χ4n) is 4.99. The molecule has 2 saturated heterocycles. The van der Waals surface area contributed by atoms with E-state index < -0.39 is 5.82 Å². The highest BCUT2D eigenvalue weighted by Crippen LogP contribution is 2.32. The van der Waals surface area contributed by atoms with Crippen molar-refractivity contribution in [3.8, 4) is 17.4 Å². The Balaban J connectivity index is 1.33. The van der Waals surface area contributed by atoms with Crippen LogP contribution >= 0.6 is 0 Å². The van der Waals surface area contributed by atoms with Crippen molar-refractivity contribution in [2.24, 2.45) is 0 Å².